The van der Waals surface area contributed by atoms with Gasteiger partial charge in [0, 0.05) is 37.2 Å². The number of fused-ring (bicyclic) bond motifs is 1. The van der Waals surface area contributed by atoms with Crippen LogP contribution < -0.4 is 4.74 Å². The minimum absolute atomic E-state index is 0.00748. The fourth-order valence-electron chi connectivity index (χ4n) is 5.02. The summed E-state index contributed by atoms with van der Waals surface area (Å²) in [4.78, 5) is 25.9. The average Bonchev–Trinajstić information content (AvgIpc) is 2.81. The Kier molecular flexibility index (Phi) is 5.61. The third-order valence-corrected chi connectivity index (χ3v) is 7.33. The van der Waals surface area contributed by atoms with Crippen LogP contribution in [0.25, 0.3) is 0 Å². The molecule has 1 unspecified atom stereocenters. The van der Waals surface area contributed by atoms with Gasteiger partial charge in [-0.1, -0.05) is 12.1 Å². The maximum atomic E-state index is 13.5. The van der Waals surface area contributed by atoms with Crippen LogP contribution in [0.5, 0.6) is 11.5 Å². The third-order valence-electron chi connectivity index (χ3n) is 7.33. The topological polar surface area (TPSA) is 92.9 Å². The van der Waals surface area contributed by atoms with Crippen molar-refractivity contribution in [2.24, 2.45) is 0 Å². The number of likely N-dealkylation sites (tertiary alicyclic amines) is 1. The summed E-state index contributed by atoms with van der Waals surface area (Å²) < 4.78 is 6.36. The SMILES string of the molecule is Cc1c(C)c2c(c(C)c1O)CCC(C)(C(=O)N1CCC(c3ccc([N+](=O)[O-])cc3)CC1)O2. The average molecular weight is 439 g/mol. The molecule has 2 aromatic rings. The number of amides is 1. The number of ether oxygens (including phenoxy) is 1. The van der Waals surface area contributed by atoms with Crippen molar-refractivity contribution in [3.63, 3.8) is 0 Å². The monoisotopic (exact) mass is 438 g/mol. The van der Waals surface area contributed by atoms with Gasteiger partial charge in [-0.3, -0.25) is 14.9 Å². The molecule has 2 aromatic carbocycles. The quantitative estimate of drug-likeness (QED) is 0.553. The van der Waals surface area contributed by atoms with Crippen molar-refractivity contribution < 1.29 is 19.6 Å². The molecule has 0 aliphatic carbocycles. The summed E-state index contributed by atoms with van der Waals surface area (Å²) in [6.45, 7) is 8.85. The molecule has 2 aliphatic heterocycles. The van der Waals surface area contributed by atoms with Crippen LogP contribution in [0.3, 0.4) is 0 Å². The van der Waals surface area contributed by atoms with Crippen LogP contribution in [-0.4, -0.2) is 39.5 Å². The van der Waals surface area contributed by atoms with Crippen molar-refractivity contribution in [1.29, 1.82) is 0 Å². The molecule has 32 heavy (non-hydrogen) atoms. The number of nitro groups is 1. The van der Waals surface area contributed by atoms with Crippen LogP contribution in [0.2, 0.25) is 0 Å². The number of aromatic hydroxyl groups is 1. The van der Waals surface area contributed by atoms with Crippen LogP contribution in [0.1, 0.15) is 59.9 Å². The second kappa shape index (κ2) is 8.11. The molecule has 2 heterocycles. The lowest BCUT2D eigenvalue weighted by molar-refractivity contribution is -0.384. The lowest BCUT2D eigenvalue weighted by Crippen LogP contribution is -2.54. The number of piperidine rings is 1. The molecule has 2 aliphatic rings. The zero-order valence-corrected chi connectivity index (χ0v) is 19.1. The van der Waals surface area contributed by atoms with Crippen molar-refractivity contribution in [2.45, 2.75) is 64.9 Å². The first-order chi connectivity index (χ1) is 15.1. The van der Waals surface area contributed by atoms with Gasteiger partial charge in [0.15, 0.2) is 5.60 Å². The molecule has 1 atom stereocenters. The molecular formula is C25H30N2O5. The Morgan fingerprint density at radius 1 is 1.12 bits per heavy atom. The van der Waals surface area contributed by atoms with Gasteiger partial charge in [-0.25, -0.2) is 0 Å². The molecule has 1 saturated heterocycles. The highest BCUT2D eigenvalue weighted by Crippen LogP contribution is 2.44. The van der Waals surface area contributed by atoms with Crippen LogP contribution >= 0.6 is 0 Å². The van der Waals surface area contributed by atoms with Gasteiger partial charge in [0.1, 0.15) is 11.5 Å². The van der Waals surface area contributed by atoms with E-state index >= 15 is 0 Å². The molecule has 1 fully saturated rings. The van der Waals surface area contributed by atoms with Gasteiger partial charge >= 0.3 is 0 Å². The van der Waals surface area contributed by atoms with E-state index in [9.17, 15) is 20.0 Å². The number of nitrogens with zero attached hydrogens (tertiary/aromatic N) is 2. The van der Waals surface area contributed by atoms with Gasteiger partial charge in [-0.05, 0) is 75.1 Å². The first-order valence-corrected chi connectivity index (χ1v) is 11.2. The number of benzene rings is 2. The normalized spacial score (nSPS) is 21.1. The summed E-state index contributed by atoms with van der Waals surface area (Å²) >= 11 is 0. The second-order valence-corrected chi connectivity index (χ2v) is 9.28. The van der Waals surface area contributed by atoms with Gasteiger partial charge in [-0.15, -0.1) is 0 Å². The summed E-state index contributed by atoms with van der Waals surface area (Å²) in [6, 6.07) is 6.74. The summed E-state index contributed by atoms with van der Waals surface area (Å²) in [5.41, 5.74) is 3.76. The van der Waals surface area contributed by atoms with E-state index in [0.717, 1.165) is 46.4 Å². The van der Waals surface area contributed by atoms with Gasteiger partial charge in [0.25, 0.3) is 11.6 Å². The number of hydrogen-bond donors (Lipinski definition) is 1. The van der Waals surface area contributed by atoms with Crippen LogP contribution in [-0.2, 0) is 11.2 Å². The first-order valence-electron chi connectivity index (χ1n) is 11.2. The Hall–Kier alpha value is -3.09. The van der Waals surface area contributed by atoms with Crippen LogP contribution in [0.4, 0.5) is 5.69 Å². The zero-order chi connectivity index (χ0) is 23.2. The Bertz CT molecular complexity index is 1070. The minimum atomic E-state index is -0.923. The molecule has 170 valence electrons. The largest absolute Gasteiger partial charge is 0.507 e. The Labute approximate surface area is 188 Å². The summed E-state index contributed by atoms with van der Waals surface area (Å²) in [5.74, 6) is 1.35. The maximum Gasteiger partial charge on any atom is 0.269 e. The number of hydrogen-bond acceptors (Lipinski definition) is 5. The highest BCUT2D eigenvalue weighted by Gasteiger charge is 2.43. The minimum Gasteiger partial charge on any atom is -0.507 e. The molecule has 0 bridgehead atoms. The van der Waals surface area contributed by atoms with Gasteiger partial charge in [-0.2, -0.15) is 0 Å². The molecule has 4 rings (SSSR count). The van der Waals surface area contributed by atoms with E-state index < -0.39 is 5.60 Å². The standard InChI is InChI=1S/C25H30N2O5/c1-15-16(2)23-21(17(3)22(15)28)9-12-25(4,32-23)24(29)26-13-10-19(11-14-26)18-5-7-20(8-6-18)27(30)31/h5-8,19,28H,9-14H2,1-4H3. The first kappa shape index (κ1) is 22.1. The molecule has 0 radical (unpaired) electrons. The molecular weight excluding hydrogens is 408 g/mol. The highest BCUT2D eigenvalue weighted by molar-refractivity contribution is 5.86. The van der Waals surface area contributed by atoms with Crippen molar-refractivity contribution in [3.8, 4) is 11.5 Å². The molecule has 0 aromatic heterocycles. The Balaban J connectivity index is 1.46. The highest BCUT2D eigenvalue weighted by atomic mass is 16.6. The zero-order valence-electron chi connectivity index (χ0n) is 19.1. The van der Waals surface area contributed by atoms with E-state index in [1.54, 1.807) is 12.1 Å². The predicted octanol–water partition coefficient (Wildman–Crippen LogP) is 4.72. The number of nitro benzene ring substituents is 1. The molecule has 0 spiro atoms. The fraction of sp³-hybridized carbons (Fsp3) is 0.480. The lowest BCUT2D eigenvalue weighted by atomic mass is 9.85. The number of phenolic OH excluding ortho intramolecular Hbond substituents is 1. The van der Waals surface area contributed by atoms with Crippen molar-refractivity contribution in [2.75, 3.05) is 13.1 Å². The number of non-ortho nitro benzene ring substituents is 1. The number of carbonyl (C=O) groups is 1. The van der Waals surface area contributed by atoms with E-state index in [1.165, 1.54) is 0 Å². The Morgan fingerprint density at radius 2 is 1.75 bits per heavy atom. The molecule has 1 amide bonds. The van der Waals surface area contributed by atoms with Crippen molar-refractivity contribution in [3.05, 3.63) is 62.2 Å². The predicted molar refractivity (Wildman–Crippen MR) is 121 cm³/mol. The number of carbonyl (C=O) groups excluding carboxylic acids is 1. The summed E-state index contributed by atoms with van der Waals surface area (Å²) in [7, 11) is 0. The van der Waals surface area contributed by atoms with E-state index in [2.05, 4.69) is 0 Å². The van der Waals surface area contributed by atoms with Gasteiger partial charge in [0.2, 0.25) is 0 Å². The van der Waals surface area contributed by atoms with Gasteiger partial charge in [0.05, 0.1) is 4.92 Å². The molecule has 0 saturated carbocycles. The summed E-state index contributed by atoms with van der Waals surface area (Å²) in [5, 5.41) is 21.3. The van der Waals surface area contributed by atoms with E-state index in [1.807, 2.05) is 44.7 Å². The molecule has 7 nitrogen and oxygen atoms in total. The van der Waals surface area contributed by atoms with Crippen molar-refractivity contribution in [1.82, 2.24) is 4.90 Å². The van der Waals surface area contributed by atoms with E-state index in [-0.39, 0.29) is 22.4 Å². The Morgan fingerprint density at radius 3 is 2.34 bits per heavy atom. The van der Waals surface area contributed by atoms with Crippen molar-refractivity contribution >= 4 is 11.6 Å². The second-order valence-electron chi connectivity index (χ2n) is 9.28. The van der Waals surface area contributed by atoms with E-state index in [4.69, 9.17) is 4.74 Å². The summed E-state index contributed by atoms with van der Waals surface area (Å²) in [6.07, 6.45) is 2.91. The maximum absolute atomic E-state index is 13.5. The smallest absolute Gasteiger partial charge is 0.269 e. The van der Waals surface area contributed by atoms with Gasteiger partial charge < -0.3 is 14.7 Å². The lowest BCUT2D eigenvalue weighted by Gasteiger charge is -2.41. The number of phenols is 1. The van der Waals surface area contributed by atoms with Crippen LogP contribution in [0, 0.1) is 30.9 Å². The molecule has 7 heteroatoms. The van der Waals surface area contributed by atoms with E-state index in [0.29, 0.717) is 31.7 Å². The van der Waals surface area contributed by atoms with Crippen LogP contribution in [0.15, 0.2) is 24.3 Å². The molecule has 1 N–H and O–H groups in total. The fourth-order valence-corrected chi connectivity index (χ4v) is 5.02. The third kappa shape index (κ3) is 3.70. The number of rotatable bonds is 3.